The van der Waals surface area contributed by atoms with E-state index in [0.29, 0.717) is 28.7 Å². The minimum absolute atomic E-state index is 0.127. The van der Waals surface area contributed by atoms with Gasteiger partial charge in [0.15, 0.2) is 5.65 Å². The normalized spacial score (nSPS) is 18.3. The summed E-state index contributed by atoms with van der Waals surface area (Å²) in [5.74, 6) is 0.175. The molecule has 5 rings (SSSR count). The highest BCUT2D eigenvalue weighted by Gasteiger charge is 2.48. The summed E-state index contributed by atoms with van der Waals surface area (Å²) in [6.45, 7) is 10.9. The molecule has 0 spiro atoms. The van der Waals surface area contributed by atoms with Gasteiger partial charge in [0.1, 0.15) is 23.3 Å². The van der Waals surface area contributed by atoms with Gasteiger partial charge in [-0.25, -0.2) is 19.3 Å². The smallest absolute Gasteiger partial charge is 0.363 e. The summed E-state index contributed by atoms with van der Waals surface area (Å²) >= 11 is 0. The molecule has 1 aliphatic carbocycles. The van der Waals surface area contributed by atoms with E-state index in [1.54, 1.807) is 13.8 Å². The van der Waals surface area contributed by atoms with Crippen molar-refractivity contribution in [2.24, 2.45) is 0 Å². The molecule has 2 aliphatic rings. The molecule has 1 atom stereocenters. The first kappa shape index (κ1) is 27.1. The molecule has 206 valence electrons. The highest BCUT2D eigenvalue weighted by Crippen LogP contribution is 2.51. The third-order valence-electron chi connectivity index (χ3n) is 7.76. The maximum Gasteiger partial charge on any atom is 0.419 e. The fraction of sp³-hybridized carbons (Fsp3) is 0.500. The van der Waals surface area contributed by atoms with E-state index in [0.717, 1.165) is 56.5 Å². The number of benzene rings is 1. The number of nitriles is 1. The molecule has 1 saturated heterocycles. The number of hydrogen-bond acceptors (Lipinski definition) is 7. The molecular weight excluding hydrogens is 510 g/mol. The van der Waals surface area contributed by atoms with Crippen LogP contribution in [0.5, 0.6) is 0 Å². The minimum atomic E-state index is -4.80. The van der Waals surface area contributed by atoms with Crippen molar-refractivity contribution in [3.05, 3.63) is 52.6 Å². The lowest BCUT2D eigenvalue weighted by Crippen LogP contribution is -2.49. The average Bonchev–Trinajstić information content (AvgIpc) is 3.68. The van der Waals surface area contributed by atoms with Gasteiger partial charge in [-0.3, -0.25) is 4.90 Å². The fourth-order valence-electron chi connectivity index (χ4n) is 5.26. The summed E-state index contributed by atoms with van der Waals surface area (Å²) in [5.41, 5.74) is -0.859. The Balaban J connectivity index is 1.56. The Hall–Kier alpha value is -3.52. The van der Waals surface area contributed by atoms with Gasteiger partial charge >= 0.3 is 6.18 Å². The highest BCUT2D eigenvalue weighted by atomic mass is 19.4. The monoisotopic (exact) mass is 541 g/mol. The van der Waals surface area contributed by atoms with Gasteiger partial charge in [0.2, 0.25) is 0 Å². The molecule has 3 aromatic rings. The predicted molar refractivity (Wildman–Crippen MR) is 141 cm³/mol. The number of alkyl halides is 3. The van der Waals surface area contributed by atoms with Crippen LogP contribution in [0.2, 0.25) is 0 Å². The number of aryl methyl sites for hydroxylation is 1. The summed E-state index contributed by atoms with van der Waals surface area (Å²) in [5, 5.41) is 13.7. The number of fused-ring (bicyclic) bond motifs is 1. The zero-order valence-electron chi connectivity index (χ0n) is 22.4. The molecule has 11 heteroatoms. The molecule has 39 heavy (non-hydrogen) atoms. The van der Waals surface area contributed by atoms with Crippen LogP contribution in [0.15, 0.2) is 24.3 Å². The molecule has 0 amide bonds. The van der Waals surface area contributed by atoms with Crippen molar-refractivity contribution in [1.82, 2.24) is 19.9 Å². The van der Waals surface area contributed by atoms with Gasteiger partial charge in [0, 0.05) is 43.3 Å². The van der Waals surface area contributed by atoms with Crippen LogP contribution in [0.3, 0.4) is 0 Å². The second kappa shape index (κ2) is 9.90. The Kier molecular flexibility index (Phi) is 6.87. The van der Waals surface area contributed by atoms with Crippen molar-refractivity contribution < 1.29 is 17.6 Å². The summed E-state index contributed by atoms with van der Waals surface area (Å²) in [6, 6.07) is 7.22. The first-order valence-electron chi connectivity index (χ1n) is 13.2. The van der Waals surface area contributed by atoms with E-state index in [9.17, 15) is 22.8 Å². The van der Waals surface area contributed by atoms with Gasteiger partial charge < -0.3 is 10.2 Å². The summed E-state index contributed by atoms with van der Waals surface area (Å²) in [7, 11) is 0. The molecule has 3 heterocycles. The van der Waals surface area contributed by atoms with E-state index in [2.05, 4.69) is 45.0 Å². The zero-order chi connectivity index (χ0) is 28.1. The minimum Gasteiger partial charge on any atom is -0.363 e. The predicted octanol–water partition coefficient (Wildman–Crippen LogP) is 5.75. The maximum atomic E-state index is 14.9. The maximum absolute atomic E-state index is 14.9. The quantitative estimate of drug-likeness (QED) is 0.398. The molecule has 2 aromatic heterocycles. The summed E-state index contributed by atoms with van der Waals surface area (Å²) < 4.78 is 54.8. The third-order valence-corrected chi connectivity index (χ3v) is 7.76. The van der Waals surface area contributed by atoms with E-state index < -0.39 is 29.0 Å². The van der Waals surface area contributed by atoms with Crippen LogP contribution in [-0.2, 0) is 11.6 Å². The Morgan fingerprint density at radius 1 is 1.05 bits per heavy atom. The lowest BCUT2D eigenvalue weighted by Gasteiger charge is -2.38. The Morgan fingerprint density at radius 3 is 2.33 bits per heavy atom. The van der Waals surface area contributed by atoms with Crippen molar-refractivity contribution in [2.45, 2.75) is 64.2 Å². The van der Waals surface area contributed by atoms with Crippen molar-refractivity contribution in [1.29, 1.82) is 5.26 Å². The number of rotatable bonds is 6. The van der Waals surface area contributed by atoms with Crippen molar-refractivity contribution in [3.8, 4) is 6.07 Å². The number of nitrogens with one attached hydrogen (secondary N) is 1. The zero-order valence-corrected chi connectivity index (χ0v) is 22.4. The molecule has 0 bridgehead atoms. The topological polar surface area (TPSA) is 81.0 Å². The number of halogens is 4. The SMILES string of the molecule is Cc1nc(N[C@H](C)c2cccc(C(F)(F)F)c2F)c2cc(C3(C#N)CC3)c(N3CCN(C(C)C)CC3)nc2n1. The molecule has 7 nitrogen and oxygen atoms in total. The van der Waals surface area contributed by atoms with E-state index in [4.69, 9.17) is 4.98 Å². The Morgan fingerprint density at radius 2 is 1.74 bits per heavy atom. The number of pyridine rings is 1. The highest BCUT2D eigenvalue weighted by molar-refractivity contribution is 5.89. The van der Waals surface area contributed by atoms with E-state index in [1.807, 2.05) is 6.07 Å². The summed E-state index contributed by atoms with van der Waals surface area (Å²) in [6.07, 6.45) is -3.36. The number of nitrogens with zero attached hydrogens (tertiary/aromatic N) is 6. The van der Waals surface area contributed by atoms with Crippen LogP contribution in [0.1, 0.15) is 62.2 Å². The Bertz CT molecular complexity index is 1430. The standard InChI is InChI=1S/C28H31F4N7/c1-16(2)38-10-12-39(13-11-38)26-22(27(15-33)8-9-27)14-20-24(35-18(4)36-25(20)37-26)34-17(3)19-6-5-7-21(23(19)29)28(30,31)32/h5-7,14,16-17H,8-13H2,1-4H3,(H,34,35,36,37)/t17-/m1/s1. The number of piperazine rings is 1. The van der Waals surface area contributed by atoms with Crippen molar-refractivity contribution in [2.75, 3.05) is 36.4 Å². The molecule has 0 radical (unpaired) electrons. The largest absolute Gasteiger partial charge is 0.419 e. The van der Waals surface area contributed by atoms with E-state index in [1.165, 1.54) is 12.1 Å². The summed E-state index contributed by atoms with van der Waals surface area (Å²) in [4.78, 5) is 18.6. The lowest BCUT2D eigenvalue weighted by molar-refractivity contribution is -0.140. The lowest BCUT2D eigenvalue weighted by atomic mass is 9.96. The molecule has 2 fully saturated rings. The second-order valence-corrected chi connectivity index (χ2v) is 10.7. The van der Waals surface area contributed by atoms with Crippen molar-refractivity contribution in [3.63, 3.8) is 0 Å². The molecule has 1 aromatic carbocycles. The van der Waals surface area contributed by atoms with Crippen LogP contribution in [0.25, 0.3) is 11.0 Å². The van der Waals surface area contributed by atoms with Crippen LogP contribution < -0.4 is 10.2 Å². The molecule has 0 unspecified atom stereocenters. The molecular formula is C28H31F4N7. The first-order chi connectivity index (χ1) is 18.4. The number of hydrogen-bond donors (Lipinski definition) is 1. The van der Waals surface area contributed by atoms with Crippen molar-refractivity contribution >= 4 is 22.7 Å². The third kappa shape index (κ3) is 5.10. The van der Waals surface area contributed by atoms with Gasteiger partial charge in [-0.05, 0) is 52.7 Å². The van der Waals surface area contributed by atoms with Crippen LogP contribution in [-0.4, -0.2) is 52.1 Å². The Labute approximate surface area is 224 Å². The van der Waals surface area contributed by atoms with Gasteiger partial charge in [-0.1, -0.05) is 12.1 Å². The second-order valence-electron chi connectivity index (χ2n) is 10.7. The first-order valence-corrected chi connectivity index (χ1v) is 13.2. The van der Waals surface area contributed by atoms with Gasteiger partial charge in [0.05, 0.1) is 28.5 Å². The molecule has 1 saturated carbocycles. The van der Waals surface area contributed by atoms with Crippen LogP contribution >= 0.6 is 0 Å². The van der Waals surface area contributed by atoms with Gasteiger partial charge in [0.25, 0.3) is 0 Å². The molecule has 1 N–H and O–H groups in total. The van der Waals surface area contributed by atoms with Crippen LogP contribution in [0.4, 0.5) is 29.2 Å². The average molecular weight is 542 g/mol. The number of anilines is 2. The number of aromatic nitrogens is 3. The fourth-order valence-corrected chi connectivity index (χ4v) is 5.26. The van der Waals surface area contributed by atoms with E-state index in [-0.39, 0.29) is 5.56 Å². The van der Waals surface area contributed by atoms with Crippen LogP contribution in [0, 0.1) is 24.1 Å². The van der Waals surface area contributed by atoms with E-state index >= 15 is 0 Å². The molecule has 1 aliphatic heterocycles. The van der Waals surface area contributed by atoms with Gasteiger partial charge in [-0.15, -0.1) is 0 Å². The van der Waals surface area contributed by atoms with Gasteiger partial charge in [-0.2, -0.15) is 18.4 Å².